The van der Waals surface area contributed by atoms with Crippen LogP contribution in [0.25, 0.3) is 0 Å². The summed E-state index contributed by atoms with van der Waals surface area (Å²) < 4.78 is 60.7. The lowest BCUT2D eigenvalue weighted by Crippen LogP contribution is -2.35. The molecule has 0 saturated heterocycles. The van der Waals surface area contributed by atoms with Crippen LogP contribution in [0, 0.1) is 0 Å². The topological polar surface area (TPSA) is 99.2 Å². The maximum Gasteiger partial charge on any atom is 0.264 e. The molecule has 30 heavy (non-hydrogen) atoms. The van der Waals surface area contributed by atoms with Crippen LogP contribution in [0.2, 0.25) is 0 Å². The zero-order valence-electron chi connectivity index (χ0n) is 18.2. The first-order chi connectivity index (χ1) is 13.7. The average Bonchev–Trinajstić information content (AvgIpc) is 2.56. The van der Waals surface area contributed by atoms with Gasteiger partial charge >= 0.3 is 0 Å². The molecule has 0 N–H and O–H groups in total. The molecule has 0 unspecified atom stereocenters. The Morgan fingerprint density at radius 2 is 1.47 bits per heavy atom. The Morgan fingerprint density at radius 1 is 0.967 bits per heavy atom. The third kappa shape index (κ3) is 13.0. The lowest BCUT2D eigenvalue weighted by Gasteiger charge is -2.28. The molecule has 0 heterocycles. The minimum Gasteiger partial charge on any atom is -0.492 e. The van der Waals surface area contributed by atoms with Gasteiger partial charge in [-0.25, -0.2) is 0 Å². The van der Waals surface area contributed by atoms with Gasteiger partial charge in [0, 0.05) is 17.8 Å². The van der Waals surface area contributed by atoms with Gasteiger partial charge in [0.2, 0.25) is 0 Å². The minimum absolute atomic E-state index is 0.104. The molecule has 1 aromatic rings. The van der Waals surface area contributed by atoms with Crippen molar-refractivity contribution in [2.45, 2.75) is 31.8 Å². The fourth-order valence-corrected chi connectivity index (χ4v) is 5.57. The predicted octanol–water partition coefficient (Wildman–Crippen LogP) is 2.74. The van der Waals surface area contributed by atoms with E-state index in [1.165, 1.54) is 0 Å². The summed E-state index contributed by atoms with van der Waals surface area (Å²) in [5.74, 6) is 0.489. The van der Waals surface area contributed by atoms with Crippen LogP contribution in [0.4, 0.5) is 0 Å². The number of rotatable bonds is 14. The summed E-state index contributed by atoms with van der Waals surface area (Å²) in [6.07, 6.45) is 3.99. The van der Waals surface area contributed by atoms with Crippen molar-refractivity contribution in [3.63, 3.8) is 0 Å². The van der Waals surface area contributed by atoms with Gasteiger partial charge in [-0.2, -0.15) is 16.8 Å². The number of ether oxygens (including phenoxy) is 1. The largest absolute Gasteiger partial charge is 0.492 e. The average molecular weight is 502 g/mol. The molecule has 1 aromatic carbocycles. The monoisotopic (exact) mass is 501 g/mol. The molecule has 0 aliphatic rings. The maximum absolute atomic E-state index is 11.3. The van der Waals surface area contributed by atoms with Gasteiger partial charge in [-0.1, -0.05) is 27.7 Å². The van der Waals surface area contributed by atoms with Crippen molar-refractivity contribution in [2.24, 2.45) is 0 Å². The summed E-state index contributed by atoms with van der Waals surface area (Å²) >= 11 is 0. The number of hydrogen-bond donors (Lipinski definition) is 0. The second kappa shape index (κ2) is 11.9. The highest BCUT2D eigenvalue weighted by atomic mass is 33.1. The van der Waals surface area contributed by atoms with Crippen molar-refractivity contribution < 1.29 is 29.9 Å². The fraction of sp³-hybridized carbons (Fsp3) is 0.667. The highest BCUT2D eigenvalue weighted by molar-refractivity contribution is 8.76. The summed E-state index contributed by atoms with van der Waals surface area (Å²) in [6, 6.07) is 4.96. The third-order valence-electron chi connectivity index (χ3n) is 3.61. The molecule has 0 atom stereocenters. The Labute approximate surface area is 188 Å². The lowest BCUT2D eigenvalue weighted by atomic mass is 10.1. The second-order valence-corrected chi connectivity index (χ2v) is 13.9. The van der Waals surface area contributed by atoms with E-state index in [0.29, 0.717) is 30.0 Å². The standard InChI is InChI=1S/C18H31NO7S4/c1-18(2,28-27-4)14-19(3)7-8-24-17-10-15(12-25-29(5,20)21)9-16(11-17)13-26-30(6,22)23/h9-11H,7-8,12-14H2,1-6H3. The Hall–Kier alpha value is -0.500. The number of likely N-dealkylation sites (N-methyl/N-ethyl adjacent to an activating group) is 1. The van der Waals surface area contributed by atoms with Crippen LogP contribution in [-0.4, -0.2) is 72.0 Å². The predicted molar refractivity (Wildman–Crippen MR) is 124 cm³/mol. The van der Waals surface area contributed by atoms with Gasteiger partial charge in [0.25, 0.3) is 20.2 Å². The third-order valence-corrected chi connectivity index (χ3v) is 7.30. The van der Waals surface area contributed by atoms with Crippen LogP contribution in [0.1, 0.15) is 25.0 Å². The van der Waals surface area contributed by atoms with E-state index < -0.39 is 20.2 Å². The molecule has 0 amide bonds. The van der Waals surface area contributed by atoms with E-state index in [9.17, 15) is 16.8 Å². The van der Waals surface area contributed by atoms with E-state index in [-0.39, 0.29) is 18.0 Å². The normalized spacial score (nSPS) is 13.0. The molecule has 0 aliphatic heterocycles. The van der Waals surface area contributed by atoms with E-state index in [1.54, 1.807) is 29.0 Å². The summed E-state index contributed by atoms with van der Waals surface area (Å²) in [6.45, 7) is 6.01. The number of nitrogens with zero attached hydrogens (tertiary/aromatic N) is 1. The smallest absolute Gasteiger partial charge is 0.264 e. The van der Waals surface area contributed by atoms with Crippen molar-refractivity contribution in [1.82, 2.24) is 4.90 Å². The first-order valence-electron chi connectivity index (χ1n) is 9.04. The van der Waals surface area contributed by atoms with Crippen molar-refractivity contribution in [1.29, 1.82) is 0 Å². The first kappa shape index (κ1) is 27.5. The lowest BCUT2D eigenvalue weighted by molar-refractivity contribution is 0.228. The quantitative estimate of drug-likeness (QED) is 0.279. The highest BCUT2D eigenvalue weighted by Gasteiger charge is 2.20. The highest BCUT2D eigenvalue weighted by Crippen LogP contribution is 2.33. The van der Waals surface area contributed by atoms with Crippen molar-refractivity contribution in [3.05, 3.63) is 29.3 Å². The number of hydrogen-bond acceptors (Lipinski definition) is 10. The zero-order chi connectivity index (χ0) is 23.0. The molecule has 0 spiro atoms. The molecule has 12 heteroatoms. The van der Waals surface area contributed by atoms with Gasteiger partial charge in [-0.15, -0.1) is 0 Å². The zero-order valence-corrected chi connectivity index (χ0v) is 21.5. The van der Waals surface area contributed by atoms with Gasteiger partial charge in [0.05, 0.1) is 25.7 Å². The second-order valence-electron chi connectivity index (χ2n) is 7.51. The SMILES string of the molecule is CSSC(C)(C)CN(C)CCOc1cc(COS(C)(=O)=O)cc(COS(C)(=O)=O)c1. The Balaban J connectivity index is 2.80. The van der Waals surface area contributed by atoms with Crippen LogP contribution >= 0.6 is 21.6 Å². The van der Waals surface area contributed by atoms with E-state index in [2.05, 4.69) is 25.0 Å². The Morgan fingerprint density at radius 3 is 1.90 bits per heavy atom. The van der Waals surface area contributed by atoms with E-state index in [4.69, 9.17) is 13.1 Å². The molecule has 174 valence electrons. The van der Waals surface area contributed by atoms with Crippen molar-refractivity contribution in [3.8, 4) is 5.75 Å². The summed E-state index contributed by atoms with van der Waals surface area (Å²) in [5, 5.41) is 0. The number of benzene rings is 1. The molecule has 0 aromatic heterocycles. The van der Waals surface area contributed by atoms with E-state index >= 15 is 0 Å². The summed E-state index contributed by atoms with van der Waals surface area (Å²) in [7, 11) is -1.65. The van der Waals surface area contributed by atoms with E-state index in [0.717, 1.165) is 19.1 Å². The van der Waals surface area contributed by atoms with Crippen LogP contribution in [0.3, 0.4) is 0 Å². The van der Waals surface area contributed by atoms with Gasteiger partial charge < -0.3 is 9.64 Å². The maximum atomic E-state index is 11.3. The molecular weight excluding hydrogens is 470 g/mol. The van der Waals surface area contributed by atoms with Crippen LogP contribution in [-0.2, 0) is 41.8 Å². The van der Waals surface area contributed by atoms with E-state index in [1.807, 2.05) is 17.8 Å². The van der Waals surface area contributed by atoms with Gasteiger partial charge in [0.1, 0.15) is 12.4 Å². The van der Waals surface area contributed by atoms with Gasteiger partial charge in [-0.3, -0.25) is 8.37 Å². The molecular formula is C18H31NO7S4. The molecule has 0 aliphatic carbocycles. The summed E-state index contributed by atoms with van der Waals surface area (Å²) in [4.78, 5) is 2.17. The first-order valence-corrected chi connectivity index (χ1v) is 15.2. The van der Waals surface area contributed by atoms with Gasteiger partial charge in [0.15, 0.2) is 0 Å². The molecule has 0 radical (unpaired) electrons. The van der Waals surface area contributed by atoms with Crippen LogP contribution < -0.4 is 4.74 Å². The van der Waals surface area contributed by atoms with Crippen LogP contribution in [0.5, 0.6) is 5.75 Å². The Bertz CT molecular complexity index is 832. The molecule has 1 rings (SSSR count). The Kier molecular flexibility index (Phi) is 11.0. The molecule has 0 saturated carbocycles. The van der Waals surface area contributed by atoms with Crippen molar-refractivity contribution >= 4 is 41.8 Å². The van der Waals surface area contributed by atoms with Gasteiger partial charge in [-0.05, 0) is 50.4 Å². The summed E-state index contributed by atoms with van der Waals surface area (Å²) in [5.41, 5.74) is 1.08. The molecule has 0 fully saturated rings. The molecule has 8 nitrogen and oxygen atoms in total. The minimum atomic E-state index is -3.61. The van der Waals surface area contributed by atoms with Crippen molar-refractivity contribution in [2.75, 3.05) is 45.5 Å². The van der Waals surface area contributed by atoms with Crippen LogP contribution in [0.15, 0.2) is 18.2 Å². The fourth-order valence-electron chi connectivity index (χ4n) is 2.63. The molecule has 0 bridgehead atoms.